The Morgan fingerprint density at radius 3 is 2.33 bits per heavy atom. The van der Waals surface area contributed by atoms with Crippen molar-refractivity contribution in [3.63, 3.8) is 0 Å². The Bertz CT molecular complexity index is 737. The maximum atomic E-state index is 12.9. The molecular weight excluding hydrogens is 312 g/mol. The zero-order valence-corrected chi connectivity index (χ0v) is 14.2. The quantitative estimate of drug-likeness (QED) is 0.625. The Kier molecular flexibility index (Phi) is 3.48. The number of esters is 3. The number of rotatable bonds is 3. The van der Waals surface area contributed by atoms with Crippen LogP contribution in [0.3, 0.4) is 0 Å². The van der Waals surface area contributed by atoms with Crippen LogP contribution >= 0.6 is 0 Å². The molecule has 1 aliphatic heterocycles. The lowest BCUT2D eigenvalue weighted by Gasteiger charge is -2.34. The van der Waals surface area contributed by atoms with Gasteiger partial charge < -0.3 is 14.2 Å². The Balaban J connectivity index is 1.95. The third kappa shape index (κ3) is 1.85. The predicted octanol–water partition coefficient (Wildman–Crippen LogP) is 2.50. The van der Waals surface area contributed by atoms with Crippen LogP contribution in [-0.4, -0.2) is 30.6 Å². The summed E-state index contributed by atoms with van der Waals surface area (Å²) < 4.78 is 15.7. The lowest BCUT2D eigenvalue weighted by Crippen LogP contribution is -2.50. The Morgan fingerprint density at radius 1 is 1.12 bits per heavy atom. The number of methoxy groups -OCH3 is 1. The van der Waals surface area contributed by atoms with E-state index >= 15 is 0 Å². The summed E-state index contributed by atoms with van der Waals surface area (Å²) in [6.45, 7) is 5.51. The molecule has 1 aromatic carbocycles. The molecule has 2 bridgehead atoms. The van der Waals surface area contributed by atoms with Gasteiger partial charge in [-0.2, -0.15) is 0 Å². The molecule has 1 saturated carbocycles. The summed E-state index contributed by atoms with van der Waals surface area (Å²) in [5.41, 5.74) is -2.60. The molecule has 0 spiro atoms. The monoisotopic (exact) mass is 332 g/mol. The van der Waals surface area contributed by atoms with Gasteiger partial charge in [-0.05, 0) is 31.9 Å². The third-order valence-corrected chi connectivity index (χ3v) is 5.91. The second-order valence-corrected chi connectivity index (χ2v) is 7.05. The van der Waals surface area contributed by atoms with Crippen LogP contribution in [0.1, 0.15) is 44.0 Å². The van der Waals surface area contributed by atoms with Crippen molar-refractivity contribution in [2.24, 2.45) is 10.8 Å². The normalized spacial score (nSPS) is 29.9. The van der Waals surface area contributed by atoms with Gasteiger partial charge in [0.15, 0.2) is 0 Å². The van der Waals surface area contributed by atoms with Gasteiger partial charge in [0.2, 0.25) is 5.60 Å². The van der Waals surface area contributed by atoms with Gasteiger partial charge in [-0.3, -0.25) is 4.79 Å². The number of para-hydroxylation sites is 1. The minimum absolute atomic E-state index is 0.0936. The predicted molar refractivity (Wildman–Crippen MR) is 83.4 cm³/mol. The molecule has 6 nitrogen and oxygen atoms in total. The molecule has 128 valence electrons. The van der Waals surface area contributed by atoms with Crippen molar-refractivity contribution >= 4 is 17.9 Å². The van der Waals surface area contributed by atoms with E-state index in [2.05, 4.69) is 0 Å². The molecule has 0 N–H and O–H groups in total. The summed E-state index contributed by atoms with van der Waals surface area (Å²) in [6, 6.07) is 6.32. The minimum Gasteiger partial charge on any atom is -0.465 e. The van der Waals surface area contributed by atoms with E-state index in [-0.39, 0.29) is 17.3 Å². The summed E-state index contributed by atoms with van der Waals surface area (Å²) >= 11 is 0. The molecule has 2 aliphatic rings. The number of ether oxygens (including phenoxy) is 3. The fourth-order valence-corrected chi connectivity index (χ4v) is 3.72. The van der Waals surface area contributed by atoms with Crippen molar-refractivity contribution in [1.82, 2.24) is 0 Å². The van der Waals surface area contributed by atoms with Gasteiger partial charge in [0.25, 0.3) is 0 Å². The van der Waals surface area contributed by atoms with Gasteiger partial charge in [0.1, 0.15) is 11.3 Å². The number of hydrogen-bond acceptors (Lipinski definition) is 6. The molecular formula is C18H20O6. The van der Waals surface area contributed by atoms with Crippen LogP contribution in [0.5, 0.6) is 5.75 Å². The first-order valence-electron chi connectivity index (χ1n) is 7.83. The second kappa shape index (κ2) is 5.06. The number of benzene rings is 1. The van der Waals surface area contributed by atoms with Gasteiger partial charge >= 0.3 is 17.9 Å². The highest BCUT2D eigenvalue weighted by molar-refractivity contribution is 5.97. The zero-order valence-electron chi connectivity index (χ0n) is 14.2. The van der Waals surface area contributed by atoms with Crippen LogP contribution in [0.2, 0.25) is 0 Å². The highest BCUT2D eigenvalue weighted by Crippen LogP contribution is 2.65. The topological polar surface area (TPSA) is 78.9 Å². The van der Waals surface area contributed by atoms with Gasteiger partial charge in [0.05, 0.1) is 12.5 Å². The molecule has 2 atom stereocenters. The van der Waals surface area contributed by atoms with Gasteiger partial charge in [-0.15, -0.1) is 0 Å². The largest absolute Gasteiger partial charge is 0.465 e. The number of carbonyl (C=O) groups is 3. The average molecular weight is 332 g/mol. The van der Waals surface area contributed by atoms with Crippen molar-refractivity contribution in [1.29, 1.82) is 0 Å². The highest BCUT2D eigenvalue weighted by atomic mass is 16.6. The molecule has 1 heterocycles. The van der Waals surface area contributed by atoms with Crippen LogP contribution in [0, 0.1) is 10.8 Å². The Morgan fingerprint density at radius 2 is 1.79 bits per heavy atom. The van der Waals surface area contributed by atoms with Gasteiger partial charge in [-0.1, -0.05) is 26.0 Å². The molecule has 1 aromatic rings. The first-order valence-corrected chi connectivity index (χ1v) is 7.83. The molecule has 0 amide bonds. The lowest BCUT2D eigenvalue weighted by atomic mass is 9.66. The minimum atomic E-state index is -1.33. The van der Waals surface area contributed by atoms with E-state index in [1.807, 2.05) is 20.8 Å². The van der Waals surface area contributed by atoms with Crippen molar-refractivity contribution in [3.8, 4) is 5.75 Å². The van der Waals surface area contributed by atoms with Crippen LogP contribution in [0.4, 0.5) is 0 Å². The average Bonchev–Trinajstić information content (AvgIpc) is 2.85. The van der Waals surface area contributed by atoms with Crippen molar-refractivity contribution < 1.29 is 28.6 Å². The summed E-state index contributed by atoms with van der Waals surface area (Å²) in [4.78, 5) is 37.0. The molecule has 3 rings (SSSR count). The Labute approximate surface area is 140 Å². The van der Waals surface area contributed by atoms with Gasteiger partial charge in [0, 0.05) is 5.41 Å². The fraction of sp³-hybridized carbons (Fsp3) is 0.500. The van der Waals surface area contributed by atoms with E-state index < -0.39 is 28.4 Å². The molecule has 2 fully saturated rings. The molecule has 24 heavy (non-hydrogen) atoms. The molecule has 1 saturated heterocycles. The van der Waals surface area contributed by atoms with E-state index in [1.165, 1.54) is 19.2 Å². The standard InChI is InChI=1S/C18H20O6/c1-16(2)17(3)9-10-18(16,24-14(17)20)15(21)23-12-8-6-5-7-11(12)13(19)22-4/h5-8H,9-10H2,1-4H3/t17-,18+/m0/s1. The van der Waals surface area contributed by atoms with Crippen molar-refractivity contribution in [2.75, 3.05) is 7.11 Å². The summed E-state index contributed by atoms with van der Waals surface area (Å²) in [7, 11) is 1.25. The maximum absolute atomic E-state index is 12.9. The molecule has 0 radical (unpaired) electrons. The lowest BCUT2D eigenvalue weighted by molar-refractivity contribution is -0.176. The van der Waals surface area contributed by atoms with E-state index in [0.29, 0.717) is 12.8 Å². The van der Waals surface area contributed by atoms with E-state index in [9.17, 15) is 14.4 Å². The third-order valence-electron chi connectivity index (χ3n) is 5.91. The summed E-state index contributed by atoms with van der Waals surface area (Å²) in [5, 5.41) is 0. The van der Waals surface area contributed by atoms with E-state index in [0.717, 1.165) is 0 Å². The van der Waals surface area contributed by atoms with Crippen molar-refractivity contribution in [3.05, 3.63) is 29.8 Å². The first-order chi connectivity index (χ1) is 11.2. The maximum Gasteiger partial charge on any atom is 0.356 e. The summed E-state index contributed by atoms with van der Waals surface area (Å²) in [6.07, 6.45) is 0.966. The number of hydrogen-bond donors (Lipinski definition) is 0. The smallest absolute Gasteiger partial charge is 0.356 e. The van der Waals surface area contributed by atoms with Crippen LogP contribution < -0.4 is 4.74 Å². The highest BCUT2D eigenvalue weighted by Gasteiger charge is 2.76. The van der Waals surface area contributed by atoms with E-state index in [1.54, 1.807) is 12.1 Å². The molecule has 0 aromatic heterocycles. The van der Waals surface area contributed by atoms with Crippen LogP contribution in [-0.2, 0) is 19.1 Å². The number of fused-ring (bicyclic) bond motifs is 2. The van der Waals surface area contributed by atoms with Crippen LogP contribution in [0.25, 0.3) is 0 Å². The fourth-order valence-electron chi connectivity index (χ4n) is 3.72. The van der Waals surface area contributed by atoms with E-state index in [4.69, 9.17) is 14.2 Å². The van der Waals surface area contributed by atoms with Gasteiger partial charge in [-0.25, -0.2) is 9.59 Å². The molecule has 0 unspecified atom stereocenters. The zero-order chi connectivity index (χ0) is 17.8. The SMILES string of the molecule is COC(=O)c1ccccc1OC(=O)[C@@]12CC[C@@](C)(C(=O)O1)C2(C)C. The van der Waals surface area contributed by atoms with Crippen LogP contribution in [0.15, 0.2) is 24.3 Å². The Hall–Kier alpha value is -2.37. The second-order valence-electron chi connectivity index (χ2n) is 7.05. The first kappa shape index (κ1) is 16.5. The molecule has 1 aliphatic carbocycles. The number of carbonyl (C=O) groups excluding carboxylic acids is 3. The summed E-state index contributed by atoms with van der Waals surface area (Å²) in [5.74, 6) is -1.54. The molecule has 6 heteroatoms. The van der Waals surface area contributed by atoms with Crippen molar-refractivity contribution in [2.45, 2.75) is 39.2 Å².